The predicted molar refractivity (Wildman–Crippen MR) is 32.5 cm³/mol. The van der Waals surface area contributed by atoms with E-state index < -0.39 is 0 Å². The molecule has 0 N–H and O–H groups in total. The van der Waals surface area contributed by atoms with Gasteiger partial charge in [0, 0.05) is 5.92 Å². The maximum atomic E-state index is 10.6. The smallest absolute Gasteiger partial charge is 0.136 e. The second-order valence-corrected chi connectivity index (χ2v) is 2.22. The summed E-state index contributed by atoms with van der Waals surface area (Å²) in [4.78, 5) is 10.6. The highest BCUT2D eigenvalue weighted by atomic mass is 16.1. The molecule has 0 aromatic rings. The Balaban J connectivity index is 2.48. The number of Topliss-reactive ketones (excluding diaryl/α,β-unsaturated/α-hetero) is 1. The van der Waals surface area contributed by atoms with Gasteiger partial charge in [-0.1, -0.05) is 12.2 Å². The normalized spacial score (nSPS) is 26.4. The highest BCUT2D eigenvalue weighted by Gasteiger charge is 2.12. The van der Waals surface area contributed by atoms with Crippen LogP contribution in [0, 0.1) is 5.92 Å². The molecular weight excluding hydrogens is 100 g/mol. The zero-order valence-electron chi connectivity index (χ0n) is 5.05. The molecule has 0 heterocycles. The van der Waals surface area contributed by atoms with Gasteiger partial charge in [-0.3, -0.25) is 4.79 Å². The molecule has 1 aliphatic rings. The summed E-state index contributed by atoms with van der Waals surface area (Å²) in [7, 11) is 0. The van der Waals surface area contributed by atoms with Gasteiger partial charge in [-0.15, -0.1) is 0 Å². The van der Waals surface area contributed by atoms with Crippen LogP contribution < -0.4 is 0 Å². The van der Waals surface area contributed by atoms with Gasteiger partial charge in [-0.05, 0) is 19.8 Å². The average Bonchev–Trinajstić information content (AvgIpc) is 2.12. The van der Waals surface area contributed by atoms with Crippen LogP contribution in [0.25, 0.3) is 0 Å². The number of hydrogen-bond acceptors (Lipinski definition) is 1. The second-order valence-electron chi connectivity index (χ2n) is 2.22. The Morgan fingerprint density at radius 2 is 2.50 bits per heavy atom. The maximum absolute atomic E-state index is 10.6. The molecule has 0 saturated heterocycles. The predicted octanol–water partition coefficient (Wildman–Crippen LogP) is 1.54. The third-order valence-electron chi connectivity index (χ3n) is 1.53. The first-order valence-corrected chi connectivity index (χ1v) is 2.98. The van der Waals surface area contributed by atoms with Crippen molar-refractivity contribution in [2.24, 2.45) is 5.92 Å². The molecule has 1 atom stereocenters. The van der Waals surface area contributed by atoms with E-state index >= 15 is 0 Å². The molecule has 1 heteroatoms. The average molecular weight is 110 g/mol. The lowest BCUT2D eigenvalue weighted by molar-refractivity contribution is -0.119. The van der Waals surface area contributed by atoms with Gasteiger partial charge in [0.1, 0.15) is 5.78 Å². The summed E-state index contributed by atoms with van der Waals surface area (Å²) in [6.07, 6.45) is 6.20. The van der Waals surface area contributed by atoms with Gasteiger partial charge < -0.3 is 0 Å². The summed E-state index contributed by atoms with van der Waals surface area (Å²) < 4.78 is 0. The molecule has 1 nitrogen and oxygen atoms in total. The Labute approximate surface area is 49.4 Å². The molecule has 0 bridgehead atoms. The molecule has 0 aromatic carbocycles. The van der Waals surface area contributed by atoms with Crippen molar-refractivity contribution in [3.05, 3.63) is 12.2 Å². The van der Waals surface area contributed by atoms with E-state index in [1.54, 1.807) is 6.92 Å². The van der Waals surface area contributed by atoms with Crippen molar-refractivity contribution in [3.63, 3.8) is 0 Å². The number of carbonyl (C=O) groups is 1. The molecule has 0 aliphatic heterocycles. The molecule has 1 aliphatic carbocycles. The number of carbonyl (C=O) groups excluding carboxylic acids is 1. The lowest BCUT2D eigenvalue weighted by atomic mass is 10.1. The molecular formula is C7H10O. The fraction of sp³-hybridized carbons (Fsp3) is 0.571. The van der Waals surface area contributed by atoms with E-state index in [0.29, 0.717) is 5.78 Å². The maximum Gasteiger partial charge on any atom is 0.136 e. The summed E-state index contributed by atoms with van der Waals surface area (Å²) in [6.45, 7) is 1.65. The van der Waals surface area contributed by atoms with Crippen molar-refractivity contribution in [3.8, 4) is 0 Å². The zero-order valence-corrected chi connectivity index (χ0v) is 5.05. The van der Waals surface area contributed by atoms with Gasteiger partial charge in [0.2, 0.25) is 0 Å². The first-order valence-electron chi connectivity index (χ1n) is 2.98. The quantitative estimate of drug-likeness (QED) is 0.468. The lowest BCUT2D eigenvalue weighted by Crippen LogP contribution is -2.02. The molecule has 0 aromatic heterocycles. The molecule has 0 fully saturated rings. The highest BCUT2D eigenvalue weighted by Crippen LogP contribution is 2.16. The fourth-order valence-corrected chi connectivity index (χ4v) is 0.971. The topological polar surface area (TPSA) is 17.1 Å². The van der Waals surface area contributed by atoms with Crippen molar-refractivity contribution in [1.29, 1.82) is 0 Å². The molecule has 44 valence electrons. The monoisotopic (exact) mass is 110 g/mol. The lowest BCUT2D eigenvalue weighted by Gasteiger charge is -1.97. The largest absolute Gasteiger partial charge is 0.299 e. The first-order chi connectivity index (χ1) is 3.80. The third-order valence-corrected chi connectivity index (χ3v) is 1.53. The van der Waals surface area contributed by atoms with Crippen LogP contribution in [0.1, 0.15) is 19.8 Å². The first kappa shape index (κ1) is 5.54. The highest BCUT2D eigenvalue weighted by molar-refractivity contribution is 5.80. The summed E-state index contributed by atoms with van der Waals surface area (Å²) >= 11 is 0. The number of hydrogen-bond donors (Lipinski definition) is 0. The van der Waals surface area contributed by atoms with Crippen LogP contribution in [0.2, 0.25) is 0 Å². The van der Waals surface area contributed by atoms with Crippen LogP contribution in [0.15, 0.2) is 12.2 Å². The third kappa shape index (κ3) is 0.971. The van der Waals surface area contributed by atoms with Gasteiger partial charge in [0.05, 0.1) is 0 Å². The standard InChI is InChI=1S/C7H10O/c1-6(8)7-4-2-3-5-7/h2,4,7H,3,5H2,1H3. The number of allylic oxidation sites excluding steroid dienone is 2. The van der Waals surface area contributed by atoms with Gasteiger partial charge >= 0.3 is 0 Å². The van der Waals surface area contributed by atoms with Crippen LogP contribution in [0.5, 0.6) is 0 Å². The second kappa shape index (κ2) is 2.12. The van der Waals surface area contributed by atoms with Crippen LogP contribution in [-0.4, -0.2) is 5.78 Å². The Morgan fingerprint density at radius 1 is 1.75 bits per heavy atom. The Morgan fingerprint density at radius 3 is 2.75 bits per heavy atom. The molecule has 0 saturated carbocycles. The minimum Gasteiger partial charge on any atom is -0.299 e. The van der Waals surface area contributed by atoms with E-state index in [1.165, 1.54) is 0 Å². The van der Waals surface area contributed by atoms with Crippen molar-refractivity contribution in [2.45, 2.75) is 19.8 Å². The summed E-state index contributed by atoms with van der Waals surface area (Å²) in [5.41, 5.74) is 0. The Bertz CT molecular complexity index is 124. The summed E-state index contributed by atoms with van der Waals surface area (Å²) in [5.74, 6) is 0.550. The van der Waals surface area contributed by atoms with Crippen LogP contribution in [0.3, 0.4) is 0 Å². The van der Waals surface area contributed by atoms with Gasteiger partial charge in [-0.2, -0.15) is 0 Å². The van der Waals surface area contributed by atoms with Gasteiger partial charge in [0.15, 0.2) is 0 Å². The van der Waals surface area contributed by atoms with E-state index in [0.717, 1.165) is 12.8 Å². The van der Waals surface area contributed by atoms with Crippen molar-refractivity contribution < 1.29 is 4.79 Å². The SMILES string of the molecule is CC(=O)C1C=CCC1. The summed E-state index contributed by atoms with van der Waals surface area (Å²) in [6, 6.07) is 0. The van der Waals surface area contributed by atoms with E-state index in [1.807, 2.05) is 6.08 Å². The van der Waals surface area contributed by atoms with Crippen LogP contribution in [0.4, 0.5) is 0 Å². The molecule has 0 amide bonds. The Hall–Kier alpha value is -0.590. The van der Waals surface area contributed by atoms with Crippen LogP contribution in [-0.2, 0) is 4.79 Å². The van der Waals surface area contributed by atoms with E-state index in [2.05, 4.69) is 6.08 Å². The fourth-order valence-electron chi connectivity index (χ4n) is 0.971. The van der Waals surface area contributed by atoms with Gasteiger partial charge in [0.25, 0.3) is 0 Å². The van der Waals surface area contributed by atoms with Crippen molar-refractivity contribution in [1.82, 2.24) is 0 Å². The van der Waals surface area contributed by atoms with E-state index in [-0.39, 0.29) is 5.92 Å². The summed E-state index contributed by atoms with van der Waals surface area (Å²) in [5, 5.41) is 0. The van der Waals surface area contributed by atoms with Gasteiger partial charge in [-0.25, -0.2) is 0 Å². The number of ketones is 1. The zero-order chi connectivity index (χ0) is 5.98. The minimum absolute atomic E-state index is 0.245. The van der Waals surface area contributed by atoms with E-state index in [4.69, 9.17) is 0 Å². The van der Waals surface area contributed by atoms with Crippen molar-refractivity contribution >= 4 is 5.78 Å². The molecule has 1 rings (SSSR count). The Kier molecular flexibility index (Phi) is 1.47. The van der Waals surface area contributed by atoms with E-state index in [9.17, 15) is 4.79 Å². The number of rotatable bonds is 1. The molecule has 1 unspecified atom stereocenters. The van der Waals surface area contributed by atoms with Crippen LogP contribution >= 0.6 is 0 Å². The van der Waals surface area contributed by atoms with Crippen molar-refractivity contribution in [2.75, 3.05) is 0 Å². The minimum atomic E-state index is 0.245. The molecule has 0 spiro atoms. The molecule has 8 heavy (non-hydrogen) atoms. The molecule has 0 radical (unpaired) electrons.